The van der Waals surface area contributed by atoms with Crippen LogP contribution < -0.4 is 10.2 Å². The van der Waals surface area contributed by atoms with Crippen molar-refractivity contribution < 1.29 is 4.79 Å². The highest BCUT2D eigenvalue weighted by Crippen LogP contribution is 2.33. The van der Waals surface area contributed by atoms with Crippen molar-refractivity contribution in [2.75, 3.05) is 42.9 Å². The number of fused-ring (bicyclic) bond motifs is 2. The Balaban J connectivity index is 1.19. The van der Waals surface area contributed by atoms with Crippen molar-refractivity contribution >= 4 is 46.6 Å². The normalized spacial score (nSPS) is 18.9. The summed E-state index contributed by atoms with van der Waals surface area (Å²) in [6, 6.07) is 4.00. The van der Waals surface area contributed by atoms with Gasteiger partial charge in [-0.1, -0.05) is 23.7 Å². The quantitative estimate of drug-likeness (QED) is 0.830. The van der Waals surface area contributed by atoms with Gasteiger partial charge < -0.3 is 10.2 Å². The molecule has 1 N–H and O–H groups in total. The van der Waals surface area contributed by atoms with Gasteiger partial charge >= 0.3 is 0 Å². The van der Waals surface area contributed by atoms with Crippen molar-refractivity contribution in [1.29, 1.82) is 0 Å². The molecule has 0 radical (unpaired) electrons. The third kappa shape index (κ3) is 3.45. The molecule has 0 bridgehead atoms. The predicted molar refractivity (Wildman–Crippen MR) is 116 cm³/mol. The molecule has 146 valence electrons. The largest absolute Gasteiger partial charge is 0.353 e. The summed E-state index contributed by atoms with van der Waals surface area (Å²) in [5.74, 6) is 1.27. The van der Waals surface area contributed by atoms with Crippen LogP contribution >= 0.6 is 23.1 Å². The third-order valence-electron chi connectivity index (χ3n) is 5.89. The highest BCUT2D eigenvalue weighted by molar-refractivity contribution is 7.07. The van der Waals surface area contributed by atoms with Crippen LogP contribution in [0.1, 0.15) is 28.0 Å². The van der Waals surface area contributed by atoms with Gasteiger partial charge in [0.25, 0.3) is 0 Å². The molecule has 3 heterocycles. The maximum absolute atomic E-state index is 11.6. The van der Waals surface area contributed by atoms with Crippen LogP contribution in [0.4, 0.5) is 11.5 Å². The molecule has 1 fully saturated rings. The number of allylic oxidation sites excluding steroid dienone is 1. The molecule has 1 saturated heterocycles. The lowest BCUT2D eigenvalue weighted by atomic mass is 10.0. The van der Waals surface area contributed by atoms with E-state index in [2.05, 4.69) is 33.3 Å². The van der Waals surface area contributed by atoms with E-state index in [1.54, 1.807) is 11.5 Å². The molecule has 0 saturated carbocycles. The van der Waals surface area contributed by atoms with Crippen molar-refractivity contribution in [3.63, 3.8) is 0 Å². The number of nitrogens with one attached hydrogen (secondary N) is 1. The van der Waals surface area contributed by atoms with Crippen molar-refractivity contribution in [1.82, 2.24) is 9.27 Å². The minimum absolute atomic E-state index is 0.0547. The molecule has 1 aliphatic carbocycles. The second-order valence-electron chi connectivity index (χ2n) is 7.69. The molecule has 0 unspecified atom stereocenters. The van der Waals surface area contributed by atoms with Gasteiger partial charge in [-0.2, -0.15) is 4.37 Å². The van der Waals surface area contributed by atoms with E-state index in [9.17, 15) is 4.79 Å². The molecule has 7 heteroatoms. The average Bonchev–Trinajstić information content (AvgIpc) is 3.29. The zero-order valence-electron chi connectivity index (χ0n) is 15.7. The number of carbonyl (C=O) groups is 1. The molecule has 3 aliphatic rings. The van der Waals surface area contributed by atoms with Gasteiger partial charge in [-0.05, 0) is 54.1 Å². The minimum Gasteiger partial charge on any atom is -0.353 e. The molecule has 1 amide bonds. The van der Waals surface area contributed by atoms with E-state index in [4.69, 9.17) is 16.0 Å². The Labute approximate surface area is 174 Å². The van der Waals surface area contributed by atoms with Gasteiger partial charge in [0.05, 0.1) is 11.3 Å². The van der Waals surface area contributed by atoms with Crippen LogP contribution in [0.3, 0.4) is 0 Å². The number of nitrogens with zero attached hydrogens (tertiary/aromatic N) is 3. The van der Waals surface area contributed by atoms with Gasteiger partial charge in [0.15, 0.2) is 0 Å². The summed E-state index contributed by atoms with van der Waals surface area (Å²) in [5, 5.41) is 3.61. The summed E-state index contributed by atoms with van der Waals surface area (Å²) < 4.78 is 4.74. The fourth-order valence-electron chi connectivity index (χ4n) is 4.30. The Morgan fingerprint density at radius 1 is 1.21 bits per heavy atom. The number of hydrogen-bond acceptors (Lipinski definition) is 5. The highest BCUT2D eigenvalue weighted by Gasteiger charge is 2.24. The van der Waals surface area contributed by atoms with Gasteiger partial charge in [-0.3, -0.25) is 9.69 Å². The lowest BCUT2D eigenvalue weighted by Crippen LogP contribution is -2.47. The second kappa shape index (κ2) is 7.50. The topological polar surface area (TPSA) is 48.5 Å². The Kier molecular flexibility index (Phi) is 4.87. The average molecular weight is 415 g/mol. The van der Waals surface area contributed by atoms with Crippen LogP contribution in [0.5, 0.6) is 0 Å². The number of anilines is 2. The smallest absolute Gasteiger partial charge is 0.228 e. The van der Waals surface area contributed by atoms with Crippen LogP contribution in [0.15, 0.2) is 18.2 Å². The number of hydrogen-bond donors (Lipinski definition) is 1. The summed E-state index contributed by atoms with van der Waals surface area (Å²) in [7, 11) is 0. The highest BCUT2D eigenvalue weighted by atomic mass is 35.5. The first-order chi connectivity index (χ1) is 13.7. The molecule has 2 aromatic rings. The van der Waals surface area contributed by atoms with Crippen molar-refractivity contribution in [2.45, 2.75) is 25.7 Å². The number of rotatable bonds is 4. The Hall–Kier alpha value is -1.89. The number of aromatic nitrogens is 1. The van der Waals surface area contributed by atoms with Crippen molar-refractivity contribution in [3.05, 3.63) is 44.8 Å². The van der Waals surface area contributed by atoms with Crippen LogP contribution in [0.2, 0.25) is 5.02 Å². The van der Waals surface area contributed by atoms with E-state index in [-0.39, 0.29) is 5.91 Å². The molecule has 1 aromatic carbocycles. The molecule has 28 heavy (non-hydrogen) atoms. The van der Waals surface area contributed by atoms with E-state index in [0.29, 0.717) is 6.42 Å². The van der Waals surface area contributed by atoms with Gasteiger partial charge in [0, 0.05) is 49.0 Å². The fourth-order valence-corrected chi connectivity index (χ4v) is 5.43. The van der Waals surface area contributed by atoms with Crippen LogP contribution in [0, 0.1) is 0 Å². The monoisotopic (exact) mass is 414 g/mol. The van der Waals surface area contributed by atoms with Crippen LogP contribution in [-0.2, 0) is 24.1 Å². The first kappa shape index (κ1) is 18.2. The van der Waals surface area contributed by atoms with Gasteiger partial charge in [0.1, 0.15) is 5.82 Å². The molecule has 5 rings (SSSR count). The Bertz CT molecular complexity index is 946. The van der Waals surface area contributed by atoms with E-state index in [1.807, 2.05) is 6.07 Å². The Morgan fingerprint density at radius 3 is 2.93 bits per heavy atom. The number of amides is 1. The first-order valence-electron chi connectivity index (χ1n) is 9.91. The molecule has 2 aliphatic heterocycles. The molecule has 1 aromatic heterocycles. The van der Waals surface area contributed by atoms with Crippen LogP contribution in [-0.4, -0.2) is 47.9 Å². The van der Waals surface area contributed by atoms with Gasteiger partial charge in [-0.25, -0.2) is 0 Å². The molecule has 0 spiro atoms. The summed E-state index contributed by atoms with van der Waals surface area (Å²) in [6.45, 7) is 5.13. The second-order valence-corrected chi connectivity index (χ2v) is 8.91. The van der Waals surface area contributed by atoms with Crippen LogP contribution in [0.25, 0.3) is 6.08 Å². The molecular weight excluding hydrogens is 392 g/mol. The number of piperazine rings is 1. The van der Waals surface area contributed by atoms with Gasteiger partial charge in [-0.15, -0.1) is 0 Å². The molecule has 5 nitrogen and oxygen atoms in total. The maximum Gasteiger partial charge on any atom is 0.228 e. The number of benzene rings is 1. The summed E-state index contributed by atoms with van der Waals surface area (Å²) in [4.78, 5) is 17.9. The van der Waals surface area contributed by atoms with Crippen molar-refractivity contribution in [2.24, 2.45) is 0 Å². The van der Waals surface area contributed by atoms with E-state index < -0.39 is 0 Å². The lowest BCUT2D eigenvalue weighted by molar-refractivity contribution is -0.115. The zero-order valence-corrected chi connectivity index (χ0v) is 17.3. The number of carbonyl (C=O) groups excluding carboxylic acids is 1. The zero-order chi connectivity index (χ0) is 19.1. The predicted octanol–water partition coefficient (Wildman–Crippen LogP) is 3.62. The summed E-state index contributed by atoms with van der Waals surface area (Å²) >= 11 is 8.07. The summed E-state index contributed by atoms with van der Waals surface area (Å²) in [6.07, 6.45) is 8.09. The summed E-state index contributed by atoms with van der Waals surface area (Å²) in [5.41, 5.74) is 4.51. The standard InChI is InChI=1S/C21H23ClN4OS/c22-17-13-18-15(12-20(27)23-18)11-14(17)5-6-25-7-9-26(10-8-25)21-16-3-1-2-4-19(16)28-24-21/h2,4,11,13H,1,3,5-10,12H2,(H,23,27). The number of halogens is 1. The van der Waals surface area contributed by atoms with E-state index >= 15 is 0 Å². The fraction of sp³-hybridized carbons (Fsp3) is 0.429. The molecular formula is C21H23ClN4OS. The lowest BCUT2D eigenvalue weighted by Gasteiger charge is -2.35. The SMILES string of the molecule is O=C1Cc2cc(CCN3CCN(c4nsc5c4CCC=C5)CC3)c(Cl)cc2N1. The first-order valence-corrected chi connectivity index (χ1v) is 11.1. The van der Waals surface area contributed by atoms with E-state index in [0.717, 1.165) is 73.8 Å². The maximum atomic E-state index is 11.6. The molecule has 0 atom stereocenters. The van der Waals surface area contributed by atoms with E-state index in [1.165, 1.54) is 16.3 Å². The third-order valence-corrected chi connectivity index (χ3v) is 7.09. The van der Waals surface area contributed by atoms with Gasteiger partial charge in [0.2, 0.25) is 5.91 Å². The van der Waals surface area contributed by atoms with Crippen molar-refractivity contribution in [3.8, 4) is 0 Å². The minimum atomic E-state index is 0.0547. The Morgan fingerprint density at radius 2 is 2.07 bits per heavy atom.